The first-order valence-corrected chi connectivity index (χ1v) is 7.18. The third-order valence-electron chi connectivity index (χ3n) is 4.70. The van der Waals surface area contributed by atoms with Gasteiger partial charge in [0.2, 0.25) is 0 Å². The molecule has 1 aromatic carbocycles. The van der Waals surface area contributed by atoms with Gasteiger partial charge in [-0.3, -0.25) is 0 Å². The molecule has 22 heavy (non-hydrogen) atoms. The van der Waals surface area contributed by atoms with E-state index in [0.29, 0.717) is 0 Å². The normalized spacial score (nSPS) is 11.0. The van der Waals surface area contributed by atoms with Crippen LogP contribution in [0.4, 0.5) is 0 Å². The SMILES string of the molecule is CN[C-]=CC(=O)c1c(C)n(C)c2c(C)c(C)c(C)c(C)c12.[Y]. The Morgan fingerprint density at radius 1 is 1.05 bits per heavy atom. The second-order valence-corrected chi connectivity index (χ2v) is 5.65. The molecular formula is C18H23N2OY-. The first-order valence-electron chi connectivity index (χ1n) is 7.18. The summed E-state index contributed by atoms with van der Waals surface area (Å²) >= 11 is 0. The summed E-state index contributed by atoms with van der Waals surface area (Å²) in [5.41, 5.74) is 7.96. The Hall–Kier alpha value is -0.926. The predicted octanol–water partition coefficient (Wildman–Crippen LogP) is 3.44. The van der Waals surface area contributed by atoms with Gasteiger partial charge >= 0.3 is 0 Å². The second kappa shape index (κ2) is 7.10. The van der Waals surface area contributed by atoms with Crippen molar-refractivity contribution in [2.45, 2.75) is 34.6 Å². The zero-order chi connectivity index (χ0) is 15.9. The zero-order valence-corrected chi connectivity index (χ0v) is 17.3. The second-order valence-electron chi connectivity index (χ2n) is 5.65. The number of rotatable bonds is 3. The van der Waals surface area contributed by atoms with Gasteiger partial charge in [0.1, 0.15) is 0 Å². The molecule has 0 unspecified atom stereocenters. The van der Waals surface area contributed by atoms with E-state index in [2.05, 4.69) is 43.8 Å². The smallest absolute Gasteiger partial charge is 0.0506 e. The molecular weight excluding hydrogens is 349 g/mol. The van der Waals surface area contributed by atoms with Crippen molar-refractivity contribution in [1.29, 1.82) is 0 Å². The Morgan fingerprint density at radius 3 is 2.14 bits per heavy atom. The molecule has 0 aliphatic carbocycles. The van der Waals surface area contributed by atoms with Crippen molar-refractivity contribution >= 4 is 16.7 Å². The van der Waals surface area contributed by atoms with Gasteiger partial charge in [0.25, 0.3) is 0 Å². The summed E-state index contributed by atoms with van der Waals surface area (Å²) in [6.07, 6.45) is 4.25. The summed E-state index contributed by atoms with van der Waals surface area (Å²) in [4.78, 5) is 12.5. The number of aryl methyl sites for hydroxylation is 3. The van der Waals surface area contributed by atoms with Gasteiger partial charge in [0.05, 0.1) is 5.52 Å². The van der Waals surface area contributed by atoms with Crippen molar-refractivity contribution in [2.24, 2.45) is 7.05 Å². The molecule has 115 valence electrons. The molecule has 1 N–H and O–H groups in total. The summed E-state index contributed by atoms with van der Waals surface area (Å²) in [5.74, 6) is -0.00166. The van der Waals surface area contributed by atoms with E-state index in [0.717, 1.165) is 22.2 Å². The van der Waals surface area contributed by atoms with Crippen molar-refractivity contribution in [3.05, 3.63) is 45.8 Å². The Balaban J connectivity index is 0.00000242. The van der Waals surface area contributed by atoms with Crippen molar-refractivity contribution in [2.75, 3.05) is 7.05 Å². The molecule has 3 nitrogen and oxygen atoms in total. The molecule has 2 aromatic rings. The van der Waals surface area contributed by atoms with Crippen molar-refractivity contribution in [3.8, 4) is 0 Å². The Kier molecular flexibility index (Phi) is 6.17. The number of carbonyl (C=O) groups is 1. The maximum absolute atomic E-state index is 12.5. The van der Waals surface area contributed by atoms with Crippen LogP contribution in [0.1, 0.15) is 38.3 Å². The molecule has 0 bridgehead atoms. The number of carbonyl (C=O) groups excluding carboxylic acids is 1. The fourth-order valence-corrected chi connectivity index (χ4v) is 3.05. The van der Waals surface area contributed by atoms with E-state index in [1.807, 2.05) is 14.0 Å². The minimum atomic E-state index is -0.00166. The van der Waals surface area contributed by atoms with Gasteiger partial charge < -0.3 is 14.7 Å². The van der Waals surface area contributed by atoms with Crippen molar-refractivity contribution in [3.63, 3.8) is 0 Å². The fraction of sp³-hybridized carbons (Fsp3) is 0.389. The zero-order valence-electron chi connectivity index (χ0n) is 14.5. The molecule has 0 aliphatic rings. The van der Waals surface area contributed by atoms with E-state index < -0.39 is 0 Å². The van der Waals surface area contributed by atoms with Crippen molar-refractivity contribution < 1.29 is 37.5 Å². The Bertz CT molecular complexity index is 770. The van der Waals surface area contributed by atoms with Crippen LogP contribution in [-0.4, -0.2) is 17.4 Å². The molecule has 0 saturated heterocycles. The quantitative estimate of drug-likeness (QED) is 0.388. The van der Waals surface area contributed by atoms with Crippen LogP contribution in [0.15, 0.2) is 6.08 Å². The molecule has 1 heterocycles. The Morgan fingerprint density at radius 2 is 1.59 bits per heavy atom. The first kappa shape index (κ1) is 19.1. The summed E-state index contributed by atoms with van der Waals surface area (Å²) < 4.78 is 2.13. The van der Waals surface area contributed by atoms with Crippen LogP contribution >= 0.6 is 0 Å². The number of hydrogen-bond donors (Lipinski definition) is 1. The molecule has 0 saturated carbocycles. The van der Waals surface area contributed by atoms with Gasteiger partial charge in [-0.15, -0.1) is 0 Å². The molecule has 2 rings (SSSR count). The predicted molar refractivity (Wildman–Crippen MR) is 87.8 cm³/mol. The molecule has 0 amide bonds. The first-order chi connectivity index (χ1) is 9.82. The van der Waals surface area contributed by atoms with E-state index in [1.165, 1.54) is 28.3 Å². The molecule has 0 aliphatic heterocycles. The van der Waals surface area contributed by atoms with Gasteiger partial charge in [-0.05, 0) is 74.9 Å². The molecule has 1 aromatic heterocycles. The number of ketones is 1. The topological polar surface area (TPSA) is 34.0 Å². The average molecular weight is 372 g/mol. The summed E-state index contributed by atoms with van der Waals surface area (Å²) in [6.45, 7) is 10.5. The largest absolute Gasteiger partial charge is 0.479 e. The van der Waals surface area contributed by atoms with Gasteiger partial charge in [0.15, 0.2) is 0 Å². The number of allylic oxidation sites excluding steroid dienone is 1. The van der Waals surface area contributed by atoms with E-state index in [-0.39, 0.29) is 38.5 Å². The van der Waals surface area contributed by atoms with Crippen LogP contribution in [0.5, 0.6) is 0 Å². The van der Waals surface area contributed by atoms with E-state index >= 15 is 0 Å². The van der Waals surface area contributed by atoms with E-state index in [4.69, 9.17) is 0 Å². The minimum Gasteiger partial charge on any atom is -0.479 e. The minimum absolute atomic E-state index is 0. The summed E-state index contributed by atoms with van der Waals surface area (Å²) in [5, 5.41) is 3.83. The van der Waals surface area contributed by atoms with E-state index in [9.17, 15) is 4.79 Å². The monoisotopic (exact) mass is 372 g/mol. The summed E-state index contributed by atoms with van der Waals surface area (Å²) in [6, 6.07) is 0. The van der Waals surface area contributed by atoms with E-state index in [1.54, 1.807) is 7.05 Å². The maximum Gasteiger partial charge on any atom is 0.0506 e. The number of aromatic nitrogens is 1. The maximum atomic E-state index is 12.5. The standard InChI is InChI=1S/C18H23N2O.Y/c1-10-11(2)13(4)18-16(12(10)3)17(14(5)20(18)7)15(21)8-9-19-6;/h8,19H,1-7H3;/q-1;. The third kappa shape index (κ3) is 2.81. The fourth-order valence-electron chi connectivity index (χ4n) is 3.05. The average Bonchev–Trinajstić information content (AvgIpc) is 2.73. The molecule has 0 atom stereocenters. The van der Waals surface area contributed by atoms with Gasteiger partial charge in [-0.1, -0.05) is 0 Å². The Labute approximate surface area is 158 Å². The number of hydrogen-bond acceptors (Lipinski definition) is 2. The number of benzene rings is 1. The number of nitrogens with one attached hydrogen (secondary N) is 1. The van der Waals surface area contributed by atoms with Gasteiger partial charge in [-0.25, -0.2) is 0 Å². The molecule has 4 heteroatoms. The van der Waals surface area contributed by atoms with Crippen LogP contribution in [0.25, 0.3) is 10.9 Å². The van der Waals surface area contributed by atoms with Crippen LogP contribution in [0, 0.1) is 40.8 Å². The van der Waals surface area contributed by atoms with Crippen molar-refractivity contribution in [1.82, 2.24) is 9.88 Å². The van der Waals surface area contributed by atoms with Crippen LogP contribution < -0.4 is 5.32 Å². The third-order valence-corrected chi connectivity index (χ3v) is 4.70. The number of nitrogens with zero attached hydrogens (tertiary/aromatic N) is 1. The van der Waals surface area contributed by atoms with Gasteiger partial charge in [0, 0.05) is 51.2 Å². The number of fused-ring (bicyclic) bond motifs is 1. The molecule has 1 radical (unpaired) electrons. The van der Waals surface area contributed by atoms with Crippen LogP contribution in [0.2, 0.25) is 0 Å². The van der Waals surface area contributed by atoms with Crippen LogP contribution in [0.3, 0.4) is 0 Å². The summed E-state index contributed by atoms with van der Waals surface area (Å²) in [7, 11) is 3.77. The molecule has 0 fully saturated rings. The van der Waals surface area contributed by atoms with Crippen LogP contribution in [-0.2, 0) is 39.8 Å². The van der Waals surface area contributed by atoms with Gasteiger partial charge in [-0.2, -0.15) is 12.3 Å². The molecule has 0 spiro atoms.